The molecule has 0 aliphatic heterocycles. The minimum atomic E-state index is -1.23. The number of benzene rings is 1. The largest absolute Gasteiger partial charge is 0.466 e. The Labute approximate surface area is 229 Å². The van der Waals surface area contributed by atoms with Crippen LogP contribution in [0.1, 0.15) is 62.3 Å². The summed E-state index contributed by atoms with van der Waals surface area (Å²) in [6, 6.07) is 5.32. The molecule has 0 fully saturated rings. The molecular weight excluding hydrogens is 502 g/mol. The number of hydrogen-bond donors (Lipinski definition) is 3. The number of rotatable bonds is 12. The van der Waals surface area contributed by atoms with E-state index >= 15 is 0 Å². The molecule has 0 spiro atoms. The molecule has 39 heavy (non-hydrogen) atoms. The zero-order valence-corrected chi connectivity index (χ0v) is 23.2. The number of amides is 2. The minimum absolute atomic E-state index is 0.0453. The zero-order valence-electron chi connectivity index (χ0n) is 24.2. The third-order valence-electron chi connectivity index (χ3n) is 6.27. The van der Waals surface area contributed by atoms with Crippen molar-refractivity contribution >= 4 is 34.7 Å². The van der Waals surface area contributed by atoms with Gasteiger partial charge in [-0.15, -0.1) is 0 Å². The van der Waals surface area contributed by atoms with E-state index in [4.69, 9.17) is 10.9 Å². The Morgan fingerprint density at radius 3 is 2.49 bits per heavy atom. The highest BCUT2D eigenvalue weighted by Gasteiger charge is 2.31. The Morgan fingerprint density at radius 1 is 1.10 bits per heavy atom. The van der Waals surface area contributed by atoms with E-state index in [9.17, 15) is 19.2 Å². The Hall–Kier alpha value is -4.15. The van der Waals surface area contributed by atoms with Crippen LogP contribution < -0.4 is 10.6 Å². The Kier molecular flexibility index (Phi) is 9.35. The van der Waals surface area contributed by atoms with E-state index in [1.54, 1.807) is 46.2 Å². The summed E-state index contributed by atoms with van der Waals surface area (Å²) in [7, 11) is 0. The van der Waals surface area contributed by atoms with Gasteiger partial charge in [-0.1, -0.05) is 19.9 Å². The molecule has 2 aromatic heterocycles. The lowest BCUT2D eigenvalue weighted by molar-refractivity contribution is -0.149. The molecule has 210 valence electrons. The highest BCUT2D eigenvalue weighted by atomic mass is 16.5. The van der Waals surface area contributed by atoms with Gasteiger partial charge in [0.15, 0.2) is 1.41 Å². The van der Waals surface area contributed by atoms with E-state index in [-0.39, 0.29) is 31.6 Å². The van der Waals surface area contributed by atoms with Crippen LogP contribution in [-0.2, 0) is 23.9 Å². The number of esters is 2. The maximum Gasteiger partial charge on any atom is 0.328 e. The van der Waals surface area contributed by atoms with Crippen molar-refractivity contribution in [2.45, 2.75) is 66.5 Å². The molecule has 2 amide bonds. The number of fused-ring (bicyclic) bond motifs is 1. The molecule has 3 N–H and O–H groups in total. The second-order valence-electron chi connectivity index (χ2n) is 9.49. The molecule has 0 bridgehead atoms. The molecule has 11 heteroatoms. The van der Waals surface area contributed by atoms with E-state index < -0.39 is 41.8 Å². The SMILES string of the molecule is [2H]N(C(=O)c1c(C)nn(-c2ccc3cc[nH]c3c2)c1C)[C@H](C(=O)N[C@@H](CCC(=O)OCC)C(=O)OCC)C(C)C. The van der Waals surface area contributed by atoms with Crippen molar-refractivity contribution in [1.82, 2.24) is 25.4 Å². The van der Waals surface area contributed by atoms with Crippen molar-refractivity contribution in [3.8, 4) is 5.69 Å². The first-order valence-electron chi connectivity index (χ1n) is 13.5. The average molecular weight is 541 g/mol. The monoisotopic (exact) mass is 540 g/mol. The van der Waals surface area contributed by atoms with Crippen LogP contribution in [0.3, 0.4) is 0 Å². The summed E-state index contributed by atoms with van der Waals surface area (Å²) in [5.74, 6) is -3.10. The quantitative estimate of drug-likeness (QED) is 0.299. The van der Waals surface area contributed by atoms with Crippen LogP contribution in [0.2, 0.25) is 1.41 Å². The smallest absolute Gasteiger partial charge is 0.328 e. The third kappa shape index (κ3) is 7.04. The summed E-state index contributed by atoms with van der Waals surface area (Å²) >= 11 is 0. The number of H-pyrrole nitrogens is 1. The number of nitrogens with zero attached hydrogens (tertiary/aromatic N) is 2. The van der Waals surface area contributed by atoms with Gasteiger partial charge >= 0.3 is 11.9 Å². The normalized spacial score (nSPS) is 13.1. The zero-order chi connectivity index (χ0) is 29.6. The van der Waals surface area contributed by atoms with Crippen LogP contribution in [0.25, 0.3) is 16.6 Å². The summed E-state index contributed by atoms with van der Waals surface area (Å²) in [5.41, 5.74) is 2.80. The van der Waals surface area contributed by atoms with Gasteiger partial charge in [-0.05, 0) is 63.6 Å². The van der Waals surface area contributed by atoms with E-state index in [1.165, 1.54) is 0 Å². The molecule has 0 saturated carbocycles. The number of carbonyl (C=O) groups excluding carboxylic acids is 4. The molecule has 2 atom stereocenters. The molecular formula is C28H37N5O6. The standard InChI is InChI=1S/C28H37N5O6/c1-7-38-23(34)12-11-21(28(37)39-8-2)30-27(36)25(16(3)4)31-26(35)24-17(5)32-33(18(24)6)20-10-9-19-13-14-29-22(19)15-20/h9-10,13-16,21,25,29H,7-8,11-12H2,1-6H3,(H,30,36)(H,31,35)/t21-,25-/m0/s1/i/hD. The molecule has 0 radical (unpaired) electrons. The molecule has 1 aromatic carbocycles. The number of aromatic nitrogens is 3. The van der Waals surface area contributed by atoms with Gasteiger partial charge in [0.05, 0.1) is 35.9 Å². The van der Waals surface area contributed by atoms with Crippen LogP contribution in [0.15, 0.2) is 30.5 Å². The van der Waals surface area contributed by atoms with Gasteiger partial charge in [0.25, 0.3) is 5.91 Å². The number of aromatic amines is 1. The van der Waals surface area contributed by atoms with Crippen molar-refractivity contribution < 1.29 is 30.1 Å². The van der Waals surface area contributed by atoms with E-state index in [0.29, 0.717) is 16.7 Å². The number of hydrogen-bond acceptors (Lipinski definition) is 7. The van der Waals surface area contributed by atoms with E-state index in [0.717, 1.165) is 16.6 Å². The van der Waals surface area contributed by atoms with E-state index in [2.05, 4.69) is 15.4 Å². The second-order valence-corrected chi connectivity index (χ2v) is 9.49. The number of carbonyl (C=O) groups is 4. The molecule has 2 heterocycles. The first-order valence-corrected chi connectivity index (χ1v) is 13.1. The van der Waals surface area contributed by atoms with E-state index in [1.807, 2.05) is 30.5 Å². The summed E-state index contributed by atoms with van der Waals surface area (Å²) in [5, 5.41) is 8.78. The molecule has 0 aliphatic rings. The molecule has 0 aliphatic carbocycles. The van der Waals surface area contributed by atoms with Crippen LogP contribution in [0.5, 0.6) is 0 Å². The lowest BCUT2D eigenvalue weighted by Gasteiger charge is -2.25. The van der Waals surface area contributed by atoms with Gasteiger partial charge in [-0.25, -0.2) is 9.48 Å². The van der Waals surface area contributed by atoms with Gasteiger partial charge in [-0.3, -0.25) is 14.4 Å². The molecule has 3 aromatic rings. The van der Waals surface area contributed by atoms with Gasteiger partial charge in [0.1, 0.15) is 12.1 Å². The van der Waals surface area contributed by atoms with Crippen molar-refractivity contribution in [2.75, 3.05) is 13.2 Å². The topological polar surface area (TPSA) is 144 Å². The van der Waals surface area contributed by atoms with Crippen LogP contribution >= 0.6 is 0 Å². The van der Waals surface area contributed by atoms with Crippen molar-refractivity contribution in [2.24, 2.45) is 5.92 Å². The summed E-state index contributed by atoms with van der Waals surface area (Å²) in [6.45, 7) is 10.4. The fourth-order valence-corrected chi connectivity index (χ4v) is 4.32. The third-order valence-corrected chi connectivity index (χ3v) is 6.27. The first kappa shape index (κ1) is 27.9. The van der Waals surface area contributed by atoms with Crippen LogP contribution in [0.4, 0.5) is 0 Å². The Morgan fingerprint density at radius 2 is 1.82 bits per heavy atom. The molecule has 11 nitrogen and oxygen atoms in total. The maximum atomic E-state index is 13.6. The highest BCUT2D eigenvalue weighted by Crippen LogP contribution is 2.22. The minimum Gasteiger partial charge on any atom is -0.466 e. The average Bonchev–Trinajstić information content (AvgIpc) is 3.49. The molecule has 3 rings (SSSR count). The van der Waals surface area contributed by atoms with Crippen molar-refractivity contribution in [3.05, 3.63) is 47.4 Å². The first-order chi connectivity index (χ1) is 19.0. The summed E-state index contributed by atoms with van der Waals surface area (Å²) in [4.78, 5) is 54.5. The Bertz CT molecular complexity index is 1380. The summed E-state index contributed by atoms with van der Waals surface area (Å²) < 4.78 is 20.3. The lowest BCUT2D eigenvalue weighted by atomic mass is 10.0. The second kappa shape index (κ2) is 13.1. The molecule has 0 saturated heterocycles. The Balaban J connectivity index is 1.84. The fourth-order valence-electron chi connectivity index (χ4n) is 4.32. The summed E-state index contributed by atoms with van der Waals surface area (Å²) in [6.07, 6.45) is 1.68. The predicted octanol–water partition coefficient (Wildman–Crippen LogP) is 3.12. The molecule has 0 unspecified atom stereocenters. The maximum absolute atomic E-state index is 13.6. The van der Waals surface area contributed by atoms with Gasteiger partial charge in [-0.2, -0.15) is 5.10 Å². The van der Waals surface area contributed by atoms with Crippen molar-refractivity contribution in [1.29, 1.82) is 0 Å². The van der Waals surface area contributed by atoms with Gasteiger partial charge in [0.2, 0.25) is 5.91 Å². The van der Waals surface area contributed by atoms with Gasteiger partial charge in [0, 0.05) is 18.1 Å². The number of aryl methyl sites for hydroxylation is 1. The lowest BCUT2D eigenvalue weighted by Crippen LogP contribution is -2.54. The van der Waals surface area contributed by atoms with Gasteiger partial charge < -0.3 is 25.1 Å². The fraction of sp³-hybridized carbons (Fsp3) is 0.464. The number of nitrogens with one attached hydrogen (secondary N) is 3. The predicted molar refractivity (Wildman–Crippen MR) is 145 cm³/mol. The van der Waals surface area contributed by atoms with Crippen LogP contribution in [0, 0.1) is 19.8 Å². The van der Waals surface area contributed by atoms with Crippen LogP contribution in [-0.4, -0.2) is 63.8 Å². The number of ether oxygens (including phenoxy) is 2. The highest BCUT2D eigenvalue weighted by molar-refractivity contribution is 6.00. The van der Waals surface area contributed by atoms with Crippen molar-refractivity contribution in [3.63, 3.8) is 0 Å².